The van der Waals surface area contributed by atoms with Crippen molar-refractivity contribution in [3.05, 3.63) is 34.7 Å². The summed E-state index contributed by atoms with van der Waals surface area (Å²) in [7, 11) is 0. The van der Waals surface area contributed by atoms with Crippen LogP contribution in [-0.2, 0) is 12.6 Å². The molecule has 0 aliphatic rings. The Labute approximate surface area is 106 Å². The highest BCUT2D eigenvalue weighted by atomic mass is 35.5. The number of hydrogen-bond donors (Lipinski definition) is 1. The number of halogens is 4. The molecular formula is C11H11ClF3N3. The van der Waals surface area contributed by atoms with Gasteiger partial charge in [0.05, 0.1) is 16.3 Å². The van der Waals surface area contributed by atoms with Crippen LogP contribution in [0.25, 0.3) is 5.65 Å². The minimum Gasteiger partial charge on any atom is -0.330 e. The number of aromatic nitrogens is 2. The fourth-order valence-corrected chi connectivity index (χ4v) is 1.92. The Hall–Kier alpha value is -1.27. The molecule has 0 aromatic carbocycles. The minimum absolute atomic E-state index is 0.0103. The third-order valence-corrected chi connectivity index (χ3v) is 2.80. The van der Waals surface area contributed by atoms with Gasteiger partial charge in [-0.3, -0.25) is 0 Å². The van der Waals surface area contributed by atoms with Crippen molar-refractivity contribution in [2.75, 3.05) is 6.54 Å². The Morgan fingerprint density at radius 1 is 1.33 bits per heavy atom. The van der Waals surface area contributed by atoms with Gasteiger partial charge in [-0.2, -0.15) is 13.2 Å². The lowest BCUT2D eigenvalue weighted by Crippen LogP contribution is -2.06. The topological polar surface area (TPSA) is 43.3 Å². The van der Waals surface area contributed by atoms with Crippen molar-refractivity contribution in [1.29, 1.82) is 0 Å². The molecule has 0 aliphatic carbocycles. The van der Waals surface area contributed by atoms with E-state index < -0.39 is 11.7 Å². The Morgan fingerprint density at radius 2 is 2.06 bits per heavy atom. The second-order valence-electron chi connectivity index (χ2n) is 3.93. The van der Waals surface area contributed by atoms with Crippen LogP contribution in [0.15, 0.2) is 18.5 Å². The highest BCUT2D eigenvalue weighted by molar-refractivity contribution is 6.33. The van der Waals surface area contributed by atoms with Crippen molar-refractivity contribution >= 4 is 17.2 Å². The Morgan fingerprint density at radius 3 is 2.67 bits per heavy atom. The first-order valence-electron chi connectivity index (χ1n) is 5.36. The van der Waals surface area contributed by atoms with Crippen LogP contribution >= 0.6 is 11.6 Å². The molecule has 0 radical (unpaired) electrons. The zero-order valence-corrected chi connectivity index (χ0v) is 10.1. The first kappa shape index (κ1) is 13.2. The predicted octanol–water partition coefficient (Wildman–Crippen LogP) is 2.90. The van der Waals surface area contributed by atoms with Crippen molar-refractivity contribution in [2.24, 2.45) is 5.73 Å². The molecule has 0 fully saturated rings. The number of alkyl halides is 3. The molecule has 0 spiro atoms. The molecule has 0 aliphatic heterocycles. The number of nitrogens with zero attached hydrogens (tertiary/aromatic N) is 2. The quantitative estimate of drug-likeness (QED) is 0.937. The summed E-state index contributed by atoms with van der Waals surface area (Å²) >= 11 is 5.81. The molecule has 0 atom stereocenters. The molecule has 0 saturated carbocycles. The monoisotopic (exact) mass is 277 g/mol. The molecule has 7 heteroatoms. The smallest absolute Gasteiger partial charge is 0.330 e. The van der Waals surface area contributed by atoms with E-state index in [2.05, 4.69) is 4.98 Å². The molecule has 0 unspecified atom stereocenters. The van der Waals surface area contributed by atoms with E-state index in [0.717, 1.165) is 18.7 Å². The maximum Gasteiger partial charge on any atom is 0.417 e. The number of aryl methyl sites for hydroxylation is 1. The third-order valence-electron chi connectivity index (χ3n) is 2.52. The van der Waals surface area contributed by atoms with Crippen molar-refractivity contribution in [3.8, 4) is 0 Å². The number of pyridine rings is 1. The second-order valence-corrected chi connectivity index (χ2v) is 4.34. The Kier molecular flexibility index (Phi) is 3.49. The van der Waals surface area contributed by atoms with E-state index >= 15 is 0 Å². The number of imidazole rings is 1. The SMILES string of the molecule is NCCCc1cn2cc(C(F)(F)F)cc(Cl)c2n1. The zero-order chi connectivity index (χ0) is 13.3. The summed E-state index contributed by atoms with van der Waals surface area (Å²) in [5.74, 6) is 0. The van der Waals surface area contributed by atoms with Gasteiger partial charge in [0.25, 0.3) is 0 Å². The minimum atomic E-state index is -4.42. The largest absolute Gasteiger partial charge is 0.417 e. The summed E-state index contributed by atoms with van der Waals surface area (Å²) in [6.07, 6.45) is -0.532. The molecule has 2 aromatic heterocycles. The van der Waals surface area contributed by atoms with Crippen molar-refractivity contribution in [2.45, 2.75) is 19.0 Å². The van der Waals surface area contributed by atoms with E-state index in [0.29, 0.717) is 24.3 Å². The van der Waals surface area contributed by atoms with Gasteiger partial charge >= 0.3 is 6.18 Å². The highest BCUT2D eigenvalue weighted by Crippen LogP contribution is 2.32. The van der Waals surface area contributed by atoms with Gasteiger partial charge in [-0.15, -0.1) is 0 Å². The fourth-order valence-electron chi connectivity index (χ4n) is 1.67. The molecule has 2 heterocycles. The summed E-state index contributed by atoms with van der Waals surface area (Å²) in [5, 5.41) is -0.0103. The summed E-state index contributed by atoms with van der Waals surface area (Å²) in [4.78, 5) is 4.18. The maximum absolute atomic E-state index is 12.6. The summed E-state index contributed by atoms with van der Waals surface area (Å²) in [6, 6.07) is 0.886. The van der Waals surface area contributed by atoms with Gasteiger partial charge in [0.1, 0.15) is 0 Å². The van der Waals surface area contributed by atoms with Crippen LogP contribution in [-0.4, -0.2) is 15.9 Å². The zero-order valence-electron chi connectivity index (χ0n) is 9.34. The fraction of sp³-hybridized carbons (Fsp3) is 0.364. The van der Waals surface area contributed by atoms with Crippen LogP contribution in [0.1, 0.15) is 17.7 Å². The molecule has 0 bridgehead atoms. The van der Waals surface area contributed by atoms with Gasteiger partial charge in [0, 0.05) is 12.4 Å². The van der Waals surface area contributed by atoms with E-state index in [4.69, 9.17) is 17.3 Å². The molecular weight excluding hydrogens is 267 g/mol. The van der Waals surface area contributed by atoms with Crippen molar-refractivity contribution in [3.63, 3.8) is 0 Å². The van der Waals surface area contributed by atoms with Crippen molar-refractivity contribution in [1.82, 2.24) is 9.38 Å². The average Bonchev–Trinajstić information content (AvgIpc) is 2.68. The summed E-state index contributed by atoms with van der Waals surface area (Å²) < 4.78 is 39.1. The normalized spacial score (nSPS) is 12.3. The van der Waals surface area contributed by atoms with E-state index in [1.54, 1.807) is 6.20 Å². The van der Waals surface area contributed by atoms with Crippen LogP contribution < -0.4 is 5.73 Å². The molecule has 0 amide bonds. The van der Waals surface area contributed by atoms with E-state index in [9.17, 15) is 13.2 Å². The lowest BCUT2D eigenvalue weighted by atomic mass is 10.2. The number of hydrogen-bond acceptors (Lipinski definition) is 2. The molecule has 2 rings (SSSR count). The van der Waals surface area contributed by atoms with Gasteiger partial charge in [-0.1, -0.05) is 11.6 Å². The van der Waals surface area contributed by atoms with Crippen LogP contribution in [0.4, 0.5) is 13.2 Å². The summed E-state index contributed by atoms with van der Waals surface area (Å²) in [6.45, 7) is 0.509. The van der Waals surface area contributed by atoms with Gasteiger partial charge in [-0.05, 0) is 25.5 Å². The average molecular weight is 278 g/mol. The predicted molar refractivity (Wildman–Crippen MR) is 62.6 cm³/mol. The van der Waals surface area contributed by atoms with Gasteiger partial charge in [0.2, 0.25) is 0 Å². The van der Waals surface area contributed by atoms with Crippen LogP contribution in [0.5, 0.6) is 0 Å². The lowest BCUT2D eigenvalue weighted by molar-refractivity contribution is -0.137. The standard InChI is InChI=1S/C11H11ClF3N3/c12-9-4-7(11(13,14)15)5-18-6-8(2-1-3-16)17-10(9)18/h4-6H,1-3,16H2. The Balaban J connectivity index is 2.46. The lowest BCUT2D eigenvalue weighted by Gasteiger charge is -2.07. The van der Waals surface area contributed by atoms with E-state index in [-0.39, 0.29) is 5.02 Å². The molecule has 98 valence electrons. The van der Waals surface area contributed by atoms with E-state index in [1.165, 1.54) is 4.40 Å². The van der Waals surface area contributed by atoms with Gasteiger partial charge in [0.15, 0.2) is 5.65 Å². The first-order chi connectivity index (χ1) is 8.41. The Bertz CT molecular complexity index is 562. The summed E-state index contributed by atoms with van der Waals surface area (Å²) in [5.41, 5.74) is 5.60. The second kappa shape index (κ2) is 4.78. The van der Waals surface area contributed by atoms with Crippen LogP contribution in [0.3, 0.4) is 0 Å². The van der Waals surface area contributed by atoms with Crippen LogP contribution in [0.2, 0.25) is 5.02 Å². The molecule has 2 aromatic rings. The maximum atomic E-state index is 12.6. The number of nitrogens with two attached hydrogens (primary N) is 1. The first-order valence-corrected chi connectivity index (χ1v) is 5.74. The van der Waals surface area contributed by atoms with Crippen molar-refractivity contribution < 1.29 is 13.2 Å². The molecule has 3 nitrogen and oxygen atoms in total. The van der Waals surface area contributed by atoms with Gasteiger partial charge < -0.3 is 10.1 Å². The molecule has 2 N–H and O–H groups in total. The van der Waals surface area contributed by atoms with Crippen LogP contribution in [0, 0.1) is 0 Å². The molecule has 18 heavy (non-hydrogen) atoms. The molecule has 0 saturated heterocycles. The highest BCUT2D eigenvalue weighted by Gasteiger charge is 2.31. The third kappa shape index (κ3) is 2.59. The number of rotatable bonds is 3. The van der Waals surface area contributed by atoms with E-state index in [1.807, 2.05) is 0 Å². The van der Waals surface area contributed by atoms with Gasteiger partial charge in [-0.25, -0.2) is 4.98 Å². The number of fused-ring (bicyclic) bond motifs is 1.